The van der Waals surface area contributed by atoms with Crippen molar-refractivity contribution in [3.8, 4) is 11.3 Å². The molecule has 2 saturated heterocycles. The number of morpholine rings is 1. The highest BCUT2D eigenvalue weighted by molar-refractivity contribution is 5.96. The summed E-state index contributed by atoms with van der Waals surface area (Å²) in [7, 11) is 0. The molecule has 10 heteroatoms. The maximum Gasteiger partial charge on any atom is 0.407 e. The molecule has 2 aliphatic heterocycles. The van der Waals surface area contributed by atoms with Gasteiger partial charge in [0.15, 0.2) is 0 Å². The third-order valence-corrected chi connectivity index (χ3v) is 6.40. The number of nitrogens with one attached hydrogen (secondary N) is 2. The SMILES string of the molecule is O=C(Nc1ccc(-c2ccnc(Nc3ccc(N4CCOCC4)cc3)n2)cc1)[C@H]1CCCN1C(=O)O. The van der Waals surface area contributed by atoms with Crippen molar-refractivity contribution in [2.75, 3.05) is 48.4 Å². The largest absolute Gasteiger partial charge is 0.465 e. The number of rotatable bonds is 6. The number of likely N-dealkylation sites (tertiary alicyclic amines) is 1. The molecular weight excluding hydrogens is 460 g/mol. The van der Waals surface area contributed by atoms with Crippen molar-refractivity contribution in [1.82, 2.24) is 14.9 Å². The Bertz CT molecular complexity index is 1210. The summed E-state index contributed by atoms with van der Waals surface area (Å²) in [4.78, 5) is 36.3. The third kappa shape index (κ3) is 5.38. The summed E-state index contributed by atoms with van der Waals surface area (Å²) >= 11 is 0. The number of anilines is 4. The minimum atomic E-state index is -1.07. The highest BCUT2D eigenvalue weighted by Crippen LogP contribution is 2.24. The quantitative estimate of drug-likeness (QED) is 0.479. The Labute approximate surface area is 208 Å². The molecule has 0 unspecified atom stereocenters. The van der Waals surface area contributed by atoms with Crippen LogP contribution in [0, 0.1) is 0 Å². The monoisotopic (exact) mass is 488 g/mol. The number of benzene rings is 2. The van der Waals surface area contributed by atoms with Crippen LogP contribution in [0.1, 0.15) is 12.8 Å². The molecule has 0 aliphatic carbocycles. The zero-order chi connectivity index (χ0) is 24.9. The number of hydrogen-bond acceptors (Lipinski definition) is 7. The summed E-state index contributed by atoms with van der Waals surface area (Å²) in [6, 6.07) is 16.6. The van der Waals surface area contributed by atoms with E-state index in [1.54, 1.807) is 18.3 Å². The average molecular weight is 489 g/mol. The topological polar surface area (TPSA) is 120 Å². The maximum absolute atomic E-state index is 12.6. The van der Waals surface area contributed by atoms with Gasteiger partial charge in [-0.25, -0.2) is 14.8 Å². The molecule has 0 bridgehead atoms. The molecule has 2 aliphatic rings. The summed E-state index contributed by atoms with van der Waals surface area (Å²) in [5.41, 5.74) is 4.27. The van der Waals surface area contributed by atoms with Gasteiger partial charge in [-0.2, -0.15) is 0 Å². The highest BCUT2D eigenvalue weighted by Gasteiger charge is 2.34. The van der Waals surface area contributed by atoms with Crippen molar-refractivity contribution in [2.24, 2.45) is 0 Å². The van der Waals surface area contributed by atoms with Gasteiger partial charge in [-0.3, -0.25) is 9.69 Å². The fourth-order valence-electron chi connectivity index (χ4n) is 4.50. The van der Waals surface area contributed by atoms with Gasteiger partial charge in [0, 0.05) is 48.5 Å². The van der Waals surface area contributed by atoms with Gasteiger partial charge in [-0.05, 0) is 55.3 Å². The standard InChI is InChI=1S/C26H28N6O4/c33-24(23-2-1-13-32(23)26(34)35)28-19-5-3-18(4-6-19)22-11-12-27-25(30-22)29-20-7-9-21(10-8-20)31-14-16-36-17-15-31/h3-12,23H,1-2,13-17H2,(H,28,33)(H,34,35)(H,27,29,30)/t23-/m1/s1. The number of nitrogens with zero attached hydrogens (tertiary/aromatic N) is 4. The van der Waals surface area contributed by atoms with Gasteiger partial charge in [-0.15, -0.1) is 0 Å². The van der Waals surface area contributed by atoms with Crippen molar-refractivity contribution in [2.45, 2.75) is 18.9 Å². The molecule has 36 heavy (non-hydrogen) atoms. The summed E-state index contributed by atoms with van der Waals surface area (Å²) in [5, 5.41) is 15.3. The smallest absolute Gasteiger partial charge is 0.407 e. The van der Waals surface area contributed by atoms with Crippen LogP contribution in [-0.4, -0.2) is 70.9 Å². The van der Waals surface area contributed by atoms with E-state index in [0.717, 1.165) is 48.9 Å². The summed E-state index contributed by atoms with van der Waals surface area (Å²) < 4.78 is 5.42. The molecule has 1 aromatic heterocycles. The molecule has 0 radical (unpaired) electrons. The van der Waals surface area contributed by atoms with Crippen LogP contribution >= 0.6 is 0 Å². The average Bonchev–Trinajstić information content (AvgIpc) is 3.41. The van der Waals surface area contributed by atoms with E-state index in [1.165, 1.54) is 4.90 Å². The van der Waals surface area contributed by atoms with Crippen molar-refractivity contribution < 1.29 is 19.4 Å². The van der Waals surface area contributed by atoms with Gasteiger partial charge in [0.1, 0.15) is 6.04 Å². The lowest BCUT2D eigenvalue weighted by Gasteiger charge is -2.28. The number of ether oxygens (including phenoxy) is 1. The normalized spacial score (nSPS) is 17.6. The first-order valence-electron chi connectivity index (χ1n) is 12.0. The van der Waals surface area contributed by atoms with E-state index in [-0.39, 0.29) is 5.91 Å². The van der Waals surface area contributed by atoms with Gasteiger partial charge in [0.25, 0.3) is 0 Å². The fourth-order valence-corrected chi connectivity index (χ4v) is 4.50. The van der Waals surface area contributed by atoms with Gasteiger partial charge in [0.2, 0.25) is 11.9 Å². The number of carbonyl (C=O) groups excluding carboxylic acids is 1. The third-order valence-electron chi connectivity index (χ3n) is 6.40. The van der Waals surface area contributed by atoms with E-state index in [0.29, 0.717) is 31.0 Å². The lowest BCUT2D eigenvalue weighted by Crippen LogP contribution is -2.42. The number of amides is 2. The van der Waals surface area contributed by atoms with Crippen molar-refractivity contribution in [1.29, 1.82) is 0 Å². The van der Waals surface area contributed by atoms with E-state index in [2.05, 4.69) is 37.6 Å². The van der Waals surface area contributed by atoms with Crippen LogP contribution in [0.25, 0.3) is 11.3 Å². The second kappa shape index (κ2) is 10.6. The van der Waals surface area contributed by atoms with Crippen LogP contribution in [0.2, 0.25) is 0 Å². The summed E-state index contributed by atoms with van der Waals surface area (Å²) in [6.45, 7) is 3.66. The Morgan fingerprint density at radius 1 is 0.944 bits per heavy atom. The van der Waals surface area contributed by atoms with Gasteiger partial charge >= 0.3 is 6.09 Å². The Hall–Kier alpha value is -4.18. The van der Waals surface area contributed by atoms with E-state index in [1.807, 2.05) is 30.3 Å². The fraction of sp³-hybridized carbons (Fsp3) is 0.308. The molecular formula is C26H28N6O4. The van der Waals surface area contributed by atoms with Crippen LogP contribution in [0.4, 0.5) is 27.8 Å². The summed E-state index contributed by atoms with van der Waals surface area (Å²) in [6.07, 6.45) is 1.85. The van der Waals surface area contributed by atoms with Crippen molar-refractivity contribution in [3.63, 3.8) is 0 Å². The van der Waals surface area contributed by atoms with Crippen molar-refractivity contribution >= 4 is 35.0 Å². The number of carbonyl (C=O) groups is 2. The summed E-state index contributed by atoms with van der Waals surface area (Å²) in [5.74, 6) is 0.176. The number of carboxylic acid groups (broad SMARTS) is 1. The van der Waals surface area contributed by atoms with E-state index < -0.39 is 12.1 Å². The first-order chi connectivity index (χ1) is 17.6. The van der Waals surface area contributed by atoms with Crippen molar-refractivity contribution in [3.05, 3.63) is 60.8 Å². The molecule has 0 saturated carbocycles. The maximum atomic E-state index is 12.6. The van der Waals surface area contributed by atoms with Crippen LogP contribution in [0.3, 0.4) is 0 Å². The predicted molar refractivity (Wildman–Crippen MR) is 137 cm³/mol. The Balaban J connectivity index is 1.22. The molecule has 3 aromatic rings. The van der Waals surface area contributed by atoms with Gasteiger partial charge in [0.05, 0.1) is 18.9 Å². The van der Waals surface area contributed by atoms with Crippen LogP contribution in [0.5, 0.6) is 0 Å². The lowest BCUT2D eigenvalue weighted by atomic mass is 10.1. The molecule has 2 aromatic carbocycles. The minimum Gasteiger partial charge on any atom is -0.465 e. The van der Waals surface area contributed by atoms with Gasteiger partial charge in [-0.1, -0.05) is 12.1 Å². The van der Waals surface area contributed by atoms with E-state index in [9.17, 15) is 14.7 Å². The molecule has 1 atom stereocenters. The minimum absolute atomic E-state index is 0.309. The van der Waals surface area contributed by atoms with Crippen LogP contribution in [-0.2, 0) is 9.53 Å². The molecule has 2 amide bonds. The zero-order valence-corrected chi connectivity index (χ0v) is 19.8. The van der Waals surface area contributed by atoms with Gasteiger partial charge < -0.3 is 25.4 Å². The first kappa shape index (κ1) is 23.6. The number of aromatic nitrogens is 2. The lowest BCUT2D eigenvalue weighted by molar-refractivity contribution is -0.119. The highest BCUT2D eigenvalue weighted by atomic mass is 16.5. The Morgan fingerprint density at radius 3 is 2.39 bits per heavy atom. The molecule has 0 spiro atoms. The van der Waals surface area contributed by atoms with E-state index in [4.69, 9.17) is 4.74 Å². The molecule has 5 rings (SSSR count). The Morgan fingerprint density at radius 2 is 1.67 bits per heavy atom. The second-order valence-corrected chi connectivity index (χ2v) is 8.74. The Kier molecular flexibility index (Phi) is 6.94. The van der Waals surface area contributed by atoms with E-state index >= 15 is 0 Å². The predicted octanol–water partition coefficient (Wildman–Crippen LogP) is 3.80. The first-order valence-corrected chi connectivity index (χ1v) is 12.0. The molecule has 3 heterocycles. The zero-order valence-electron chi connectivity index (χ0n) is 19.8. The molecule has 2 fully saturated rings. The number of hydrogen-bond donors (Lipinski definition) is 3. The molecule has 3 N–H and O–H groups in total. The second-order valence-electron chi connectivity index (χ2n) is 8.74. The van der Waals surface area contributed by atoms with Crippen LogP contribution in [0.15, 0.2) is 60.8 Å². The molecule has 186 valence electrons. The molecule has 10 nitrogen and oxygen atoms in total. The van der Waals surface area contributed by atoms with Crippen LogP contribution < -0.4 is 15.5 Å².